The molecule has 1 aliphatic heterocycles. The van der Waals surface area contributed by atoms with E-state index in [-0.39, 0.29) is 30.6 Å². The van der Waals surface area contributed by atoms with Crippen LogP contribution in [0.3, 0.4) is 0 Å². The first-order valence-electron chi connectivity index (χ1n) is 19.1. The van der Waals surface area contributed by atoms with E-state index in [1.807, 2.05) is 66.7 Å². The van der Waals surface area contributed by atoms with Crippen LogP contribution in [0.4, 0.5) is 5.69 Å². The summed E-state index contributed by atoms with van der Waals surface area (Å²) in [6, 6.07) is 26.1. The van der Waals surface area contributed by atoms with Gasteiger partial charge in [0.25, 0.3) is 0 Å². The Hall–Kier alpha value is -3.50. The maximum absolute atomic E-state index is 12.9. The zero-order valence-corrected chi connectivity index (χ0v) is 31.0. The molecule has 51 heavy (non-hydrogen) atoms. The Kier molecular flexibility index (Phi) is 16.5. The molecule has 1 unspecified atom stereocenters. The van der Waals surface area contributed by atoms with E-state index in [2.05, 4.69) is 39.6 Å². The van der Waals surface area contributed by atoms with Crippen molar-refractivity contribution in [2.75, 3.05) is 11.1 Å². The molecule has 4 atom stereocenters. The molecule has 1 saturated heterocycles. The fourth-order valence-electron chi connectivity index (χ4n) is 6.87. The van der Waals surface area contributed by atoms with Gasteiger partial charge in [0.05, 0.1) is 18.8 Å². The normalized spacial score (nSPS) is 18.9. The number of hydrogen-bond donors (Lipinski definition) is 3. The largest absolute Gasteiger partial charge is 0.392 e. The number of aromatic nitrogens is 3. The summed E-state index contributed by atoms with van der Waals surface area (Å²) in [5.74, 6) is 0.546. The molecule has 8 nitrogen and oxygen atoms in total. The van der Waals surface area contributed by atoms with Crippen molar-refractivity contribution in [3.8, 4) is 0 Å². The summed E-state index contributed by atoms with van der Waals surface area (Å²) in [5.41, 5.74) is 4.54. The zero-order valence-electron chi connectivity index (χ0n) is 30.2. The van der Waals surface area contributed by atoms with Crippen molar-refractivity contribution in [1.29, 1.82) is 0 Å². The van der Waals surface area contributed by atoms with E-state index in [0.717, 1.165) is 45.9 Å². The second-order valence-electron chi connectivity index (χ2n) is 13.7. The number of carbonyl (C=O) groups excluding carboxylic acids is 1. The number of nitrogens with one attached hydrogen (secondary N) is 2. The number of ether oxygens (including phenoxy) is 2. The molecule has 0 aliphatic carbocycles. The topological polar surface area (TPSA) is 109 Å². The van der Waals surface area contributed by atoms with Gasteiger partial charge in [0, 0.05) is 29.3 Å². The number of benzene rings is 3. The molecule has 5 rings (SSSR count). The third-order valence-corrected chi connectivity index (χ3v) is 10.7. The Bertz CT molecular complexity index is 1540. The summed E-state index contributed by atoms with van der Waals surface area (Å²) in [6.07, 6.45) is 17.5. The highest BCUT2D eigenvalue weighted by atomic mass is 32.2. The van der Waals surface area contributed by atoms with Gasteiger partial charge in [0.1, 0.15) is 6.33 Å². The Morgan fingerprint density at radius 2 is 1.45 bits per heavy atom. The van der Waals surface area contributed by atoms with Crippen LogP contribution < -0.4 is 5.32 Å². The number of hydrogen-bond acceptors (Lipinski definition) is 7. The predicted molar refractivity (Wildman–Crippen MR) is 205 cm³/mol. The average Bonchev–Trinajstić information content (AvgIpc) is 3.70. The van der Waals surface area contributed by atoms with Crippen molar-refractivity contribution in [3.05, 3.63) is 107 Å². The number of H-pyrrole nitrogens is 1. The molecule has 2 heterocycles. The minimum Gasteiger partial charge on any atom is -0.392 e. The van der Waals surface area contributed by atoms with Gasteiger partial charge in [-0.1, -0.05) is 162 Å². The van der Waals surface area contributed by atoms with E-state index >= 15 is 0 Å². The number of amides is 1. The average molecular weight is 713 g/mol. The number of thioether (sulfide) groups is 1. The molecule has 1 aliphatic rings. The summed E-state index contributed by atoms with van der Waals surface area (Å²) >= 11 is 1.56. The molecule has 1 amide bonds. The lowest BCUT2D eigenvalue weighted by Gasteiger charge is -2.43. The van der Waals surface area contributed by atoms with Crippen molar-refractivity contribution < 1.29 is 19.4 Å². The lowest BCUT2D eigenvalue weighted by molar-refractivity contribution is -0.255. The minimum absolute atomic E-state index is 0.0199. The molecule has 0 bridgehead atoms. The molecular formula is C42H56N4O4S. The quantitative estimate of drug-likeness (QED) is 0.0550. The third-order valence-electron chi connectivity index (χ3n) is 9.70. The standard InChI is InChI=1S/C42H56N4O4S/c1-2-3-4-5-6-7-8-9-10-11-12-13-17-23-38(48)45-36-22-18-21-35(28-36)41-49-37(30-51-42-43-31-44-46-42)39(33-19-15-14-16-20-33)40(50-41)34-26-24-32(29-47)25-27-34/h14-16,18-22,24-28,31,37,39-41,47H,2-13,17,23,29-30H2,1H3,(H,45,48)(H,43,44,46)/t37-,39-,40+,41?/m1/s1. The van der Waals surface area contributed by atoms with Crippen molar-refractivity contribution >= 4 is 23.4 Å². The smallest absolute Gasteiger partial charge is 0.224 e. The molecular weight excluding hydrogens is 657 g/mol. The van der Waals surface area contributed by atoms with Crippen LogP contribution in [0.15, 0.2) is 90.3 Å². The van der Waals surface area contributed by atoms with Crippen LogP contribution in [0.2, 0.25) is 0 Å². The number of aliphatic hydroxyl groups is 1. The monoisotopic (exact) mass is 712 g/mol. The Morgan fingerprint density at radius 1 is 0.784 bits per heavy atom. The van der Waals surface area contributed by atoms with Crippen LogP contribution in [-0.2, 0) is 20.9 Å². The molecule has 4 aromatic rings. The van der Waals surface area contributed by atoms with E-state index in [1.54, 1.807) is 11.8 Å². The Labute approximate surface area is 308 Å². The first-order valence-corrected chi connectivity index (χ1v) is 20.1. The Morgan fingerprint density at radius 3 is 2.10 bits per heavy atom. The molecule has 0 radical (unpaired) electrons. The highest BCUT2D eigenvalue weighted by molar-refractivity contribution is 7.99. The van der Waals surface area contributed by atoms with Gasteiger partial charge in [0.15, 0.2) is 11.4 Å². The van der Waals surface area contributed by atoms with Gasteiger partial charge in [-0.15, -0.1) is 0 Å². The molecule has 1 aromatic heterocycles. The van der Waals surface area contributed by atoms with Crippen LogP contribution >= 0.6 is 11.8 Å². The van der Waals surface area contributed by atoms with E-state index in [4.69, 9.17) is 9.47 Å². The molecule has 0 saturated carbocycles. The van der Waals surface area contributed by atoms with E-state index in [9.17, 15) is 9.90 Å². The number of anilines is 1. The number of carbonyl (C=O) groups is 1. The first-order chi connectivity index (χ1) is 25.1. The van der Waals surface area contributed by atoms with E-state index in [1.165, 1.54) is 77.0 Å². The fourth-order valence-corrected chi connectivity index (χ4v) is 7.71. The van der Waals surface area contributed by atoms with Gasteiger partial charge in [0.2, 0.25) is 5.91 Å². The summed E-state index contributed by atoms with van der Waals surface area (Å²) in [4.78, 5) is 17.2. The molecule has 1 fully saturated rings. The van der Waals surface area contributed by atoms with Crippen molar-refractivity contribution in [2.24, 2.45) is 0 Å². The zero-order chi connectivity index (χ0) is 35.5. The highest BCUT2D eigenvalue weighted by Gasteiger charge is 2.42. The molecule has 3 aromatic carbocycles. The van der Waals surface area contributed by atoms with Gasteiger partial charge in [-0.05, 0) is 35.2 Å². The van der Waals surface area contributed by atoms with E-state index in [0.29, 0.717) is 12.2 Å². The number of unbranched alkanes of at least 4 members (excludes halogenated alkanes) is 12. The summed E-state index contributed by atoms with van der Waals surface area (Å²) in [7, 11) is 0. The van der Waals surface area contributed by atoms with Gasteiger partial charge in [-0.2, -0.15) is 5.10 Å². The summed E-state index contributed by atoms with van der Waals surface area (Å²) in [6.45, 7) is 2.25. The number of nitrogens with zero attached hydrogens (tertiary/aromatic N) is 2. The van der Waals surface area contributed by atoms with Crippen LogP contribution in [-0.4, -0.2) is 38.1 Å². The van der Waals surface area contributed by atoms with Gasteiger partial charge < -0.3 is 19.9 Å². The molecule has 274 valence electrons. The van der Waals surface area contributed by atoms with E-state index < -0.39 is 6.29 Å². The number of aliphatic hydroxyl groups excluding tert-OH is 1. The SMILES string of the molecule is CCCCCCCCCCCCCCCC(=O)Nc1cccc(C2O[C@H](CSc3ncn[nH]3)[C@@H](c3ccccc3)[C@H](c3ccc(CO)cc3)O2)c1. The third kappa shape index (κ3) is 12.6. The second kappa shape index (κ2) is 21.8. The maximum atomic E-state index is 12.9. The van der Waals surface area contributed by atoms with Crippen molar-refractivity contribution in [2.45, 2.75) is 133 Å². The van der Waals surface area contributed by atoms with Gasteiger partial charge >= 0.3 is 0 Å². The molecule has 9 heteroatoms. The number of rotatable bonds is 22. The molecule has 3 N–H and O–H groups in total. The van der Waals surface area contributed by atoms with Crippen LogP contribution in [0.25, 0.3) is 0 Å². The van der Waals surface area contributed by atoms with Crippen LogP contribution in [0.5, 0.6) is 0 Å². The summed E-state index contributed by atoms with van der Waals surface area (Å²) < 4.78 is 13.6. The van der Waals surface area contributed by atoms with Crippen LogP contribution in [0.1, 0.15) is 137 Å². The second-order valence-corrected chi connectivity index (χ2v) is 14.7. The predicted octanol–water partition coefficient (Wildman–Crippen LogP) is 10.4. The highest BCUT2D eigenvalue weighted by Crippen LogP contribution is 2.48. The summed E-state index contributed by atoms with van der Waals surface area (Å²) in [5, 5.41) is 20.5. The minimum atomic E-state index is -0.661. The van der Waals surface area contributed by atoms with Gasteiger partial charge in [-0.25, -0.2) is 4.98 Å². The van der Waals surface area contributed by atoms with Crippen LogP contribution in [0, 0.1) is 0 Å². The fraction of sp³-hybridized carbons (Fsp3) is 0.500. The molecule has 0 spiro atoms. The maximum Gasteiger partial charge on any atom is 0.224 e. The van der Waals surface area contributed by atoms with Gasteiger partial charge in [-0.3, -0.25) is 9.89 Å². The number of aromatic amines is 1. The lowest BCUT2D eigenvalue weighted by atomic mass is 9.84. The Balaban J connectivity index is 1.18. The lowest BCUT2D eigenvalue weighted by Crippen LogP contribution is -2.38. The van der Waals surface area contributed by atoms with Crippen molar-refractivity contribution in [3.63, 3.8) is 0 Å². The first kappa shape index (κ1) is 38.7. The van der Waals surface area contributed by atoms with Crippen molar-refractivity contribution in [1.82, 2.24) is 15.2 Å².